The molecular weight excluding hydrogens is 362 g/mol. The number of methoxy groups -OCH3 is 1. The number of hydrogen-bond acceptors (Lipinski definition) is 2. The van der Waals surface area contributed by atoms with Gasteiger partial charge < -0.3 is 9.64 Å². The van der Waals surface area contributed by atoms with Crippen LogP contribution in [-0.2, 0) is 5.41 Å². The van der Waals surface area contributed by atoms with E-state index in [4.69, 9.17) is 4.74 Å². The SMILES string of the molecule is Br.CCC1C=CC=CC1(c1ccccc1OC)C1C=CC=CN1C. The van der Waals surface area contributed by atoms with Gasteiger partial charge >= 0.3 is 0 Å². The van der Waals surface area contributed by atoms with E-state index < -0.39 is 0 Å². The van der Waals surface area contributed by atoms with Gasteiger partial charge in [-0.05, 0) is 30.7 Å². The summed E-state index contributed by atoms with van der Waals surface area (Å²) in [6, 6.07) is 8.69. The van der Waals surface area contributed by atoms with Crippen molar-refractivity contribution in [2.24, 2.45) is 5.92 Å². The first-order chi connectivity index (χ1) is 11.2. The molecule has 3 heteroatoms. The van der Waals surface area contributed by atoms with Gasteiger partial charge in [0.2, 0.25) is 0 Å². The van der Waals surface area contributed by atoms with Gasteiger partial charge in [-0.3, -0.25) is 0 Å². The molecule has 3 atom stereocenters. The maximum absolute atomic E-state index is 5.72. The van der Waals surface area contributed by atoms with E-state index in [1.807, 2.05) is 6.07 Å². The summed E-state index contributed by atoms with van der Waals surface area (Å²) in [6.45, 7) is 2.26. The molecule has 3 unspecified atom stereocenters. The molecule has 0 bridgehead atoms. The predicted molar refractivity (Wildman–Crippen MR) is 107 cm³/mol. The highest BCUT2D eigenvalue weighted by Crippen LogP contribution is 2.47. The molecule has 0 N–H and O–H groups in total. The van der Waals surface area contributed by atoms with Gasteiger partial charge in [0, 0.05) is 18.0 Å². The highest BCUT2D eigenvalue weighted by molar-refractivity contribution is 8.93. The number of benzene rings is 1. The number of para-hydroxylation sites is 1. The van der Waals surface area contributed by atoms with E-state index in [9.17, 15) is 0 Å². The number of ether oxygens (including phenoxy) is 1. The maximum atomic E-state index is 5.72. The number of allylic oxidation sites excluding steroid dienone is 5. The van der Waals surface area contributed by atoms with Crippen LogP contribution in [0, 0.1) is 5.92 Å². The molecule has 1 aliphatic carbocycles. The Labute approximate surface area is 156 Å². The fraction of sp³-hybridized carbons (Fsp3) is 0.333. The summed E-state index contributed by atoms with van der Waals surface area (Å²) in [5.41, 5.74) is 1.12. The first-order valence-electron chi connectivity index (χ1n) is 8.30. The van der Waals surface area contributed by atoms with Crippen LogP contribution in [-0.4, -0.2) is 25.1 Å². The summed E-state index contributed by atoms with van der Waals surface area (Å²) < 4.78 is 5.72. The average molecular weight is 388 g/mol. The smallest absolute Gasteiger partial charge is 0.123 e. The van der Waals surface area contributed by atoms with Crippen molar-refractivity contribution >= 4 is 17.0 Å². The molecule has 3 rings (SSSR count). The molecule has 0 radical (unpaired) electrons. The van der Waals surface area contributed by atoms with Gasteiger partial charge in [-0.1, -0.05) is 61.6 Å². The van der Waals surface area contributed by atoms with Crippen molar-refractivity contribution in [2.75, 3.05) is 14.2 Å². The lowest BCUT2D eigenvalue weighted by Crippen LogP contribution is -2.50. The Kier molecular flexibility index (Phi) is 6.11. The van der Waals surface area contributed by atoms with Crippen LogP contribution in [0.4, 0.5) is 0 Å². The Hall–Kier alpha value is -1.74. The van der Waals surface area contributed by atoms with Gasteiger partial charge in [-0.2, -0.15) is 0 Å². The third kappa shape index (κ3) is 2.98. The lowest BCUT2D eigenvalue weighted by Gasteiger charge is -2.48. The van der Waals surface area contributed by atoms with Crippen molar-refractivity contribution in [1.29, 1.82) is 0 Å². The maximum Gasteiger partial charge on any atom is 0.123 e. The van der Waals surface area contributed by atoms with Crippen LogP contribution in [0.25, 0.3) is 0 Å². The van der Waals surface area contributed by atoms with E-state index >= 15 is 0 Å². The second kappa shape index (κ2) is 7.89. The molecule has 0 saturated carbocycles. The van der Waals surface area contributed by atoms with Crippen molar-refractivity contribution in [3.63, 3.8) is 0 Å². The average Bonchev–Trinajstić information content (AvgIpc) is 2.62. The largest absolute Gasteiger partial charge is 0.496 e. The molecule has 0 saturated heterocycles. The molecule has 1 aromatic carbocycles. The van der Waals surface area contributed by atoms with Gasteiger partial charge in [0.1, 0.15) is 5.75 Å². The zero-order valence-corrected chi connectivity index (χ0v) is 16.3. The van der Waals surface area contributed by atoms with Gasteiger partial charge in [-0.15, -0.1) is 17.0 Å². The zero-order valence-electron chi connectivity index (χ0n) is 14.6. The highest BCUT2D eigenvalue weighted by Gasteiger charge is 2.46. The molecule has 1 aromatic rings. The summed E-state index contributed by atoms with van der Waals surface area (Å²) in [5, 5.41) is 0. The van der Waals surface area contributed by atoms with Crippen molar-refractivity contribution in [1.82, 2.24) is 4.90 Å². The molecule has 1 aliphatic heterocycles. The van der Waals surface area contributed by atoms with E-state index in [2.05, 4.69) is 85.8 Å². The van der Waals surface area contributed by atoms with E-state index in [1.54, 1.807) is 7.11 Å². The molecule has 2 nitrogen and oxygen atoms in total. The van der Waals surface area contributed by atoms with Crippen LogP contribution in [0.3, 0.4) is 0 Å². The number of halogens is 1. The molecule has 2 aliphatic rings. The highest BCUT2D eigenvalue weighted by atomic mass is 79.9. The Morgan fingerprint density at radius 1 is 1.08 bits per heavy atom. The van der Waals surface area contributed by atoms with Gasteiger partial charge in [0.15, 0.2) is 0 Å². The fourth-order valence-corrected chi connectivity index (χ4v) is 4.02. The monoisotopic (exact) mass is 387 g/mol. The molecule has 0 aromatic heterocycles. The third-order valence-corrected chi connectivity index (χ3v) is 5.11. The van der Waals surface area contributed by atoms with Gasteiger partial charge in [0.25, 0.3) is 0 Å². The second-order valence-electron chi connectivity index (χ2n) is 6.23. The van der Waals surface area contributed by atoms with Gasteiger partial charge in [0.05, 0.1) is 13.2 Å². The second-order valence-corrected chi connectivity index (χ2v) is 6.23. The number of hydrogen-bond donors (Lipinski definition) is 0. The Morgan fingerprint density at radius 3 is 2.54 bits per heavy atom. The van der Waals surface area contributed by atoms with Crippen LogP contribution in [0.1, 0.15) is 18.9 Å². The normalized spacial score (nSPS) is 27.9. The van der Waals surface area contributed by atoms with Crippen LogP contribution < -0.4 is 4.74 Å². The minimum absolute atomic E-state index is 0. The Bertz CT molecular complexity index is 676. The standard InChI is InChI=1S/C21H25NO.BrH/c1-4-17-11-7-9-15-21(17,20-14-8-10-16-22(20)2)18-12-5-6-13-19(18)23-3;/h5-17,20H,4H2,1-3H3;1H. The number of nitrogens with zero attached hydrogens (tertiary/aromatic N) is 1. The summed E-state index contributed by atoms with van der Waals surface area (Å²) in [5.74, 6) is 1.38. The molecule has 1 heterocycles. The van der Waals surface area contributed by atoms with Crippen LogP contribution >= 0.6 is 17.0 Å². The van der Waals surface area contributed by atoms with Gasteiger partial charge in [-0.25, -0.2) is 0 Å². The molecule has 0 amide bonds. The van der Waals surface area contributed by atoms with E-state index in [1.165, 1.54) is 5.56 Å². The van der Waals surface area contributed by atoms with Crippen molar-refractivity contribution in [3.05, 3.63) is 78.6 Å². The quantitative estimate of drug-likeness (QED) is 0.716. The molecule has 24 heavy (non-hydrogen) atoms. The lowest BCUT2D eigenvalue weighted by molar-refractivity contribution is 0.217. The lowest BCUT2D eigenvalue weighted by atomic mass is 9.61. The summed E-state index contributed by atoms with van der Waals surface area (Å²) >= 11 is 0. The van der Waals surface area contributed by atoms with Crippen LogP contribution in [0.2, 0.25) is 0 Å². The molecule has 0 fully saturated rings. The number of likely N-dealkylation sites (N-methyl/N-ethyl adjacent to an activating group) is 1. The first-order valence-corrected chi connectivity index (χ1v) is 8.30. The van der Waals surface area contributed by atoms with Crippen molar-refractivity contribution < 1.29 is 4.74 Å². The van der Waals surface area contributed by atoms with Crippen LogP contribution in [0.15, 0.2) is 73.0 Å². The van der Waals surface area contributed by atoms with Crippen LogP contribution in [0.5, 0.6) is 5.75 Å². The van der Waals surface area contributed by atoms with E-state index in [0.29, 0.717) is 5.92 Å². The van der Waals surface area contributed by atoms with E-state index in [-0.39, 0.29) is 28.4 Å². The topological polar surface area (TPSA) is 12.5 Å². The minimum Gasteiger partial charge on any atom is -0.496 e. The summed E-state index contributed by atoms with van der Waals surface area (Å²) in [6.07, 6.45) is 18.8. The Balaban J connectivity index is 0.00000208. The third-order valence-electron chi connectivity index (χ3n) is 5.11. The predicted octanol–water partition coefficient (Wildman–Crippen LogP) is 5.05. The molecular formula is C21H26BrNO. The van der Waals surface area contributed by atoms with Crippen molar-refractivity contribution in [3.8, 4) is 5.75 Å². The number of rotatable bonds is 4. The molecule has 128 valence electrons. The summed E-state index contributed by atoms with van der Waals surface area (Å²) in [7, 11) is 3.91. The Morgan fingerprint density at radius 2 is 1.83 bits per heavy atom. The zero-order chi connectivity index (χ0) is 16.3. The minimum atomic E-state index is -0.133. The molecule has 0 spiro atoms. The first kappa shape index (κ1) is 18.6. The summed E-state index contributed by atoms with van der Waals surface area (Å²) in [4.78, 5) is 2.30. The van der Waals surface area contributed by atoms with E-state index in [0.717, 1.165) is 12.2 Å². The van der Waals surface area contributed by atoms with Crippen molar-refractivity contribution in [2.45, 2.75) is 24.8 Å². The fourth-order valence-electron chi connectivity index (χ4n) is 4.02.